The number of likely N-dealkylation sites (tertiary alicyclic amines) is 1. The standard InChI is InChI=1S/C24H23N5O2/c1-15(30)16-9-12-29(13-10-16)24(31)20-5-2-4-17-14-18(7-8-19(17)20)26-23-22-21(27-28-23)6-3-11-25-22/h2-8,11,14,16H,9-10,12-13H2,1H3,(H2,26,27,28). The maximum absolute atomic E-state index is 13.2. The van der Waals surface area contributed by atoms with Crippen LogP contribution < -0.4 is 5.32 Å². The molecular weight excluding hydrogens is 390 g/mol. The Bertz CT molecular complexity index is 1290. The summed E-state index contributed by atoms with van der Waals surface area (Å²) in [6.07, 6.45) is 3.22. The van der Waals surface area contributed by atoms with Crippen LogP contribution in [0.3, 0.4) is 0 Å². The van der Waals surface area contributed by atoms with Crippen LogP contribution in [0.25, 0.3) is 21.8 Å². The van der Waals surface area contributed by atoms with Crippen molar-refractivity contribution in [1.29, 1.82) is 0 Å². The highest BCUT2D eigenvalue weighted by molar-refractivity contribution is 6.07. The summed E-state index contributed by atoms with van der Waals surface area (Å²) in [6.45, 7) is 2.89. The molecule has 2 aromatic carbocycles. The molecule has 156 valence electrons. The number of hydrogen-bond donors (Lipinski definition) is 2. The van der Waals surface area contributed by atoms with Crippen molar-refractivity contribution in [3.05, 3.63) is 60.3 Å². The van der Waals surface area contributed by atoms with Gasteiger partial charge in [0.15, 0.2) is 5.82 Å². The molecule has 0 spiro atoms. The monoisotopic (exact) mass is 413 g/mol. The largest absolute Gasteiger partial charge is 0.339 e. The van der Waals surface area contributed by atoms with Crippen LogP contribution in [0.4, 0.5) is 11.5 Å². The predicted molar refractivity (Wildman–Crippen MR) is 120 cm³/mol. The van der Waals surface area contributed by atoms with Crippen LogP contribution in [0.1, 0.15) is 30.1 Å². The molecule has 1 aliphatic heterocycles. The lowest BCUT2D eigenvalue weighted by molar-refractivity contribution is -0.121. The first-order chi connectivity index (χ1) is 15.1. The van der Waals surface area contributed by atoms with Crippen LogP contribution >= 0.6 is 0 Å². The van der Waals surface area contributed by atoms with Crippen molar-refractivity contribution in [3.63, 3.8) is 0 Å². The van der Waals surface area contributed by atoms with Crippen molar-refractivity contribution in [2.75, 3.05) is 18.4 Å². The Labute approximate surface area is 179 Å². The van der Waals surface area contributed by atoms with E-state index in [4.69, 9.17) is 0 Å². The van der Waals surface area contributed by atoms with E-state index in [2.05, 4.69) is 20.5 Å². The molecule has 0 bridgehead atoms. The number of amides is 1. The van der Waals surface area contributed by atoms with Gasteiger partial charge >= 0.3 is 0 Å². The van der Waals surface area contributed by atoms with Gasteiger partial charge in [0.05, 0.1) is 5.52 Å². The fourth-order valence-corrected chi connectivity index (χ4v) is 4.28. The summed E-state index contributed by atoms with van der Waals surface area (Å²) < 4.78 is 0. The molecule has 1 aliphatic rings. The van der Waals surface area contributed by atoms with Gasteiger partial charge in [-0.1, -0.05) is 18.2 Å². The highest BCUT2D eigenvalue weighted by Crippen LogP contribution is 2.28. The molecule has 3 heterocycles. The van der Waals surface area contributed by atoms with E-state index in [0.717, 1.165) is 40.3 Å². The summed E-state index contributed by atoms with van der Waals surface area (Å²) in [5.41, 5.74) is 3.21. The molecule has 0 radical (unpaired) electrons. The van der Waals surface area contributed by atoms with Crippen LogP contribution in [0.5, 0.6) is 0 Å². The number of Topliss-reactive ketones (excluding diaryl/α,β-unsaturated/α-hetero) is 1. The molecule has 1 saturated heterocycles. The lowest BCUT2D eigenvalue weighted by atomic mass is 9.92. The maximum Gasteiger partial charge on any atom is 0.254 e. The van der Waals surface area contributed by atoms with Crippen molar-refractivity contribution in [2.45, 2.75) is 19.8 Å². The molecule has 7 heteroatoms. The molecule has 0 unspecified atom stereocenters. The van der Waals surface area contributed by atoms with Crippen LogP contribution in [0, 0.1) is 5.92 Å². The minimum atomic E-state index is 0.0239. The smallest absolute Gasteiger partial charge is 0.254 e. The number of nitrogens with one attached hydrogen (secondary N) is 2. The number of carbonyl (C=O) groups is 2. The lowest BCUT2D eigenvalue weighted by Gasteiger charge is -2.31. The number of rotatable bonds is 4. The van der Waals surface area contributed by atoms with E-state index >= 15 is 0 Å². The van der Waals surface area contributed by atoms with E-state index < -0.39 is 0 Å². The third-order valence-electron chi connectivity index (χ3n) is 6.05. The summed E-state index contributed by atoms with van der Waals surface area (Å²) in [5.74, 6) is 0.987. The highest BCUT2D eigenvalue weighted by Gasteiger charge is 2.26. The first kappa shape index (κ1) is 19.2. The van der Waals surface area contributed by atoms with Crippen molar-refractivity contribution in [3.8, 4) is 0 Å². The summed E-state index contributed by atoms with van der Waals surface area (Å²) in [4.78, 5) is 31.0. The van der Waals surface area contributed by atoms with Gasteiger partial charge < -0.3 is 10.2 Å². The lowest BCUT2D eigenvalue weighted by Crippen LogP contribution is -2.40. The van der Waals surface area contributed by atoms with Gasteiger partial charge in [0, 0.05) is 36.5 Å². The van der Waals surface area contributed by atoms with Crippen LogP contribution in [0.15, 0.2) is 54.7 Å². The third-order valence-corrected chi connectivity index (χ3v) is 6.05. The molecular formula is C24H23N5O2. The number of H-pyrrole nitrogens is 1. The minimum Gasteiger partial charge on any atom is -0.339 e. The zero-order chi connectivity index (χ0) is 21.4. The van der Waals surface area contributed by atoms with E-state index in [1.807, 2.05) is 53.4 Å². The van der Waals surface area contributed by atoms with Crippen LogP contribution in [0.2, 0.25) is 0 Å². The van der Waals surface area contributed by atoms with Gasteiger partial charge in [-0.05, 0) is 60.9 Å². The number of nitrogens with zero attached hydrogens (tertiary/aromatic N) is 3. The zero-order valence-electron chi connectivity index (χ0n) is 17.3. The number of benzene rings is 2. The van der Waals surface area contributed by atoms with Gasteiger partial charge in [-0.3, -0.25) is 19.7 Å². The molecule has 1 fully saturated rings. The number of aromatic nitrogens is 3. The molecule has 0 atom stereocenters. The molecule has 4 aromatic rings. The number of hydrogen-bond acceptors (Lipinski definition) is 5. The molecule has 31 heavy (non-hydrogen) atoms. The molecule has 2 N–H and O–H groups in total. The minimum absolute atomic E-state index is 0.0239. The van der Waals surface area contributed by atoms with Gasteiger partial charge in [0.2, 0.25) is 0 Å². The Morgan fingerprint density at radius 3 is 2.74 bits per heavy atom. The summed E-state index contributed by atoms with van der Waals surface area (Å²) in [5, 5.41) is 12.5. The number of anilines is 2. The van der Waals surface area contributed by atoms with Crippen molar-refractivity contribution >= 4 is 45.0 Å². The molecule has 7 nitrogen and oxygen atoms in total. The van der Waals surface area contributed by atoms with Gasteiger partial charge in [-0.2, -0.15) is 5.10 Å². The van der Waals surface area contributed by atoms with E-state index in [1.54, 1.807) is 13.1 Å². The Morgan fingerprint density at radius 2 is 1.94 bits per heavy atom. The Kier molecular flexibility index (Phi) is 4.86. The Balaban J connectivity index is 1.40. The average molecular weight is 413 g/mol. The Morgan fingerprint density at radius 1 is 1.10 bits per heavy atom. The van der Waals surface area contributed by atoms with E-state index in [-0.39, 0.29) is 17.6 Å². The first-order valence-corrected chi connectivity index (χ1v) is 10.5. The summed E-state index contributed by atoms with van der Waals surface area (Å²) in [6, 6.07) is 15.5. The fraction of sp³-hybridized carbons (Fsp3) is 0.250. The predicted octanol–water partition coefficient (Wildman–Crippen LogP) is 4.30. The van der Waals surface area contributed by atoms with Gasteiger partial charge in [0.25, 0.3) is 5.91 Å². The molecule has 0 saturated carbocycles. The molecule has 0 aliphatic carbocycles. The van der Waals surface area contributed by atoms with E-state index in [1.165, 1.54) is 0 Å². The van der Waals surface area contributed by atoms with Crippen molar-refractivity contribution in [2.24, 2.45) is 5.92 Å². The van der Waals surface area contributed by atoms with E-state index in [9.17, 15) is 9.59 Å². The first-order valence-electron chi connectivity index (χ1n) is 10.5. The summed E-state index contributed by atoms with van der Waals surface area (Å²) in [7, 11) is 0. The topological polar surface area (TPSA) is 91.0 Å². The highest BCUT2D eigenvalue weighted by atomic mass is 16.2. The van der Waals surface area contributed by atoms with Crippen LogP contribution in [-0.2, 0) is 4.79 Å². The van der Waals surface area contributed by atoms with Gasteiger partial charge in [0.1, 0.15) is 11.3 Å². The normalized spacial score (nSPS) is 14.8. The van der Waals surface area contributed by atoms with Gasteiger partial charge in [-0.25, -0.2) is 0 Å². The second-order valence-corrected chi connectivity index (χ2v) is 8.02. The zero-order valence-corrected chi connectivity index (χ0v) is 17.3. The maximum atomic E-state index is 13.2. The van der Waals surface area contributed by atoms with Crippen molar-refractivity contribution in [1.82, 2.24) is 20.1 Å². The number of fused-ring (bicyclic) bond motifs is 2. The number of ketones is 1. The number of piperidine rings is 1. The molecule has 2 aromatic heterocycles. The van der Waals surface area contributed by atoms with Gasteiger partial charge in [-0.15, -0.1) is 0 Å². The summed E-state index contributed by atoms with van der Waals surface area (Å²) >= 11 is 0. The number of carbonyl (C=O) groups excluding carboxylic acids is 2. The van der Waals surface area contributed by atoms with Crippen LogP contribution in [-0.4, -0.2) is 44.9 Å². The van der Waals surface area contributed by atoms with E-state index in [0.29, 0.717) is 24.5 Å². The average Bonchev–Trinajstić information content (AvgIpc) is 3.21. The number of aromatic amines is 1. The number of pyridine rings is 1. The third kappa shape index (κ3) is 3.63. The van der Waals surface area contributed by atoms with Crippen molar-refractivity contribution < 1.29 is 9.59 Å². The molecule has 5 rings (SSSR count). The quantitative estimate of drug-likeness (QED) is 0.521. The molecule has 1 amide bonds. The second-order valence-electron chi connectivity index (χ2n) is 8.02. The SMILES string of the molecule is CC(=O)C1CCN(C(=O)c2cccc3cc(Nc4n[nH]c5cccnc45)ccc23)CC1. The fourth-order valence-electron chi connectivity index (χ4n) is 4.28. The Hall–Kier alpha value is -3.74. The second kappa shape index (κ2) is 7.83.